The first-order valence-electron chi connectivity index (χ1n) is 8.33. The fourth-order valence-electron chi connectivity index (χ4n) is 2.78. The van der Waals surface area contributed by atoms with Crippen molar-refractivity contribution in [2.75, 3.05) is 19.8 Å². The van der Waals surface area contributed by atoms with Crippen LogP contribution in [0, 0.1) is 0 Å². The van der Waals surface area contributed by atoms with Crippen LogP contribution in [0.1, 0.15) is 45.1 Å². The third-order valence-electron chi connectivity index (χ3n) is 4.95. The summed E-state index contributed by atoms with van der Waals surface area (Å²) in [5.41, 5.74) is 1.67. The van der Waals surface area contributed by atoms with Crippen molar-refractivity contribution in [2.45, 2.75) is 45.2 Å². The molecule has 0 atom stereocenters. The number of hydrogen-bond donors (Lipinski definition) is 1. The highest BCUT2D eigenvalue weighted by atomic mass is 16.7. The average molecular weight is 332 g/mol. The Bertz CT molecular complexity index is 604. The van der Waals surface area contributed by atoms with Gasteiger partial charge >= 0.3 is 7.12 Å². The number of benzene rings is 1. The maximum atomic E-state index is 9.85. The molecular formula is C18H25BO5. The molecule has 1 N–H and O–H groups in total. The van der Waals surface area contributed by atoms with E-state index in [9.17, 15) is 5.11 Å². The molecule has 3 rings (SSSR count). The Kier molecular flexibility index (Phi) is 4.86. The number of rotatable bonds is 4. The predicted octanol–water partition coefficient (Wildman–Crippen LogP) is 2.74. The van der Waals surface area contributed by atoms with E-state index in [1.54, 1.807) is 0 Å². The fourth-order valence-corrected chi connectivity index (χ4v) is 2.78. The number of aliphatic hydroxyl groups is 1. The molecule has 0 unspecified atom stereocenters. The van der Waals surface area contributed by atoms with Gasteiger partial charge in [-0.05, 0) is 38.7 Å². The molecule has 0 spiro atoms. The topological polar surface area (TPSA) is 57.2 Å². The maximum absolute atomic E-state index is 9.85. The Morgan fingerprint density at radius 3 is 2.29 bits per heavy atom. The summed E-state index contributed by atoms with van der Waals surface area (Å²) in [6.45, 7) is 9.02. The fraction of sp³-hybridized carbons (Fsp3) is 0.556. The molecule has 0 amide bonds. The van der Waals surface area contributed by atoms with Crippen molar-refractivity contribution >= 4 is 13.2 Å². The summed E-state index contributed by atoms with van der Waals surface area (Å²) in [7, 11) is -0.571. The quantitative estimate of drug-likeness (QED) is 0.859. The molecule has 130 valence electrons. The monoisotopic (exact) mass is 332 g/mol. The van der Waals surface area contributed by atoms with Crippen molar-refractivity contribution in [1.82, 2.24) is 0 Å². The lowest BCUT2D eigenvalue weighted by Gasteiger charge is -2.32. The van der Waals surface area contributed by atoms with E-state index in [2.05, 4.69) is 0 Å². The molecule has 24 heavy (non-hydrogen) atoms. The molecule has 0 radical (unpaired) electrons. The second kappa shape index (κ2) is 6.62. The molecule has 0 aromatic heterocycles. The van der Waals surface area contributed by atoms with Gasteiger partial charge in [-0.25, -0.2) is 0 Å². The number of aliphatic hydroxyl groups excluding tert-OH is 1. The molecular weight excluding hydrogens is 307 g/mol. The SMILES string of the molecule is CC1(C)OB(C(=Cc2ccccc2C2OCCO2)CO)OC1(C)C. The average Bonchev–Trinajstić information content (AvgIpc) is 3.12. The van der Waals surface area contributed by atoms with E-state index in [0.717, 1.165) is 11.1 Å². The largest absolute Gasteiger partial charge is 0.492 e. The highest BCUT2D eigenvalue weighted by Gasteiger charge is 2.52. The van der Waals surface area contributed by atoms with Crippen LogP contribution in [-0.2, 0) is 18.8 Å². The second-order valence-electron chi connectivity index (χ2n) is 7.17. The molecule has 0 saturated carbocycles. The van der Waals surface area contributed by atoms with E-state index in [4.69, 9.17) is 18.8 Å². The van der Waals surface area contributed by atoms with E-state index in [1.807, 2.05) is 58.0 Å². The van der Waals surface area contributed by atoms with Gasteiger partial charge in [0, 0.05) is 5.56 Å². The van der Waals surface area contributed by atoms with Crippen LogP contribution in [0.2, 0.25) is 0 Å². The molecule has 2 aliphatic heterocycles. The molecule has 0 aliphatic carbocycles. The van der Waals surface area contributed by atoms with Crippen molar-refractivity contribution in [3.8, 4) is 0 Å². The van der Waals surface area contributed by atoms with Crippen molar-refractivity contribution in [2.24, 2.45) is 0 Å². The van der Waals surface area contributed by atoms with Crippen LogP contribution < -0.4 is 0 Å². The molecule has 2 saturated heterocycles. The van der Waals surface area contributed by atoms with E-state index < -0.39 is 18.3 Å². The van der Waals surface area contributed by atoms with Gasteiger partial charge in [-0.3, -0.25) is 0 Å². The van der Waals surface area contributed by atoms with Gasteiger partial charge in [0.25, 0.3) is 0 Å². The van der Waals surface area contributed by atoms with Gasteiger partial charge in [0.15, 0.2) is 6.29 Å². The van der Waals surface area contributed by atoms with E-state index in [-0.39, 0.29) is 12.9 Å². The summed E-state index contributed by atoms with van der Waals surface area (Å²) in [4.78, 5) is 0. The highest BCUT2D eigenvalue weighted by Crippen LogP contribution is 2.39. The Morgan fingerprint density at radius 2 is 1.71 bits per heavy atom. The Labute approximate surface area is 143 Å². The van der Waals surface area contributed by atoms with Crippen molar-refractivity contribution in [1.29, 1.82) is 0 Å². The molecule has 0 bridgehead atoms. The summed E-state index contributed by atoms with van der Waals surface area (Å²) in [5.74, 6) is 0. The molecule has 2 fully saturated rings. The minimum atomic E-state index is -0.571. The van der Waals surface area contributed by atoms with Gasteiger partial charge in [0.05, 0.1) is 31.0 Å². The van der Waals surface area contributed by atoms with E-state index >= 15 is 0 Å². The number of hydrogen-bond acceptors (Lipinski definition) is 5. The van der Waals surface area contributed by atoms with Gasteiger partial charge in [0.1, 0.15) is 0 Å². The van der Waals surface area contributed by atoms with Crippen LogP contribution >= 0.6 is 0 Å². The van der Waals surface area contributed by atoms with Gasteiger partial charge in [0.2, 0.25) is 0 Å². The first-order chi connectivity index (χ1) is 11.3. The zero-order valence-corrected chi connectivity index (χ0v) is 14.7. The first kappa shape index (κ1) is 17.6. The van der Waals surface area contributed by atoms with Gasteiger partial charge in [-0.1, -0.05) is 30.3 Å². The minimum Gasteiger partial charge on any atom is -0.400 e. The lowest BCUT2D eigenvalue weighted by molar-refractivity contribution is -0.0442. The standard InChI is InChI=1S/C18H25BO5/c1-17(2)18(3,4)24-19(23-17)14(12-20)11-13-7-5-6-8-15(13)16-21-9-10-22-16/h5-8,11,16,20H,9-10,12H2,1-4H3. The predicted molar refractivity (Wildman–Crippen MR) is 92.2 cm³/mol. The Morgan fingerprint density at radius 1 is 1.12 bits per heavy atom. The highest BCUT2D eigenvalue weighted by molar-refractivity contribution is 6.55. The molecule has 2 aliphatic rings. The van der Waals surface area contributed by atoms with Crippen molar-refractivity contribution < 1.29 is 23.9 Å². The van der Waals surface area contributed by atoms with Gasteiger partial charge in [-0.2, -0.15) is 0 Å². The normalized spacial score (nSPS) is 23.9. The summed E-state index contributed by atoms with van der Waals surface area (Å²) in [6, 6.07) is 7.84. The number of ether oxygens (including phenoxy) is 2. The second-order valence-corrected chi connectivity index (χ2v) is 7.17. The van der Waals surface area contributed by atoms with Gasteiger partial charge < -0.3 is 23.9 Å². The summed E-state index contributed by atoms with van der Waals surface area (Å²) >= 11 is 0. The van der Waals surface area contributed by atoms with Gasteiger partial charge in [-0.15, -0.1) is 0 Å². The summed E-state index contributed by atoms with van der Waals surface area (Å²) < 4.78 is 23.3. The summed E-state index contributed by atoms with van der Waals surface area (Å²) in [5, 5.41) is 9.85. The molecule has 6 heteroatoms. The zero-order valence-electron chi connectivity index (χ0n) is 14.7. The Hall–Kier alpha value is -1.18. The van der Waals surface area contributed by atoms with Crippen molar-refractivity contribution in [3.63, 3.8) is 0 Å². The molecule has 1 aromatic rings. The smallest absolute Gasteiger partial charge is 0.400 e. The lowest BCUT2D eigenvalue weighted by atomic mass is 9.77. The minimum absolute atomic E-state index is 0.141. The van der Waals surface area contributed by atoms with E-state index in [1.165, 1.54) is 0 Å². The molecule has 5 nitrogen and oxygen atoms in total. The van der Waals surface area contributed by atoms with Crippen LogP contribution in [0.25, 0.3) is 6.08 Å². The maximum Gasteiger partial charge on any atom is 0.492 e. The molecule has 1 aromatic carbocycles. The Balaban J connectivity index is 1.89. The third-order valence-corrected chi connectivity index (χ3v) is 4.95. The van der Waals surface area contributed by atoms with E-state index in [0.29, 0.717) is 18.7 Å². The zero-order chi connectivity index (χ0) is 17.4. The third kappa shape index (κ3) is 3.30. The first-order valence-corrected chi connectivity index (χ1v) is 8.33. The van der Waals surface area contributed by atoms with Crippen LogP contribution in [0.4, 0.5) is 0 Å². The lowest BCUT2D eigenvalue weighted by Crippen LogP contribution is -2.41. The van der Waals surface area contributed by atoms with Crippen LogP contribution in [-0.4, -0.2) is 43.2 Å². The summed E-state index contributed by atoms with van der Waals surface area (Å²) in [6.07, 6.45) is 1.54. The van der Waals surface area contributed by atoms with Crippen LogP contribution in [0.5, 0.6) is 0 Å². The molecule has 2 heterocycles. The van der Waals surface area contributed by atoms with Crippen LogP contribution in [0.3, 0.4) is 0 Å². The van der Waals surface area contributed by atoms with Crippen molar-refractivity contribution in [3.05, 3.63) is 40.9 Å². The van der Waals surface area contributed by atoms with Crippen LogP contribution in [0.15, 0.2) is 29.7 Å².